The summed E-state index contributed by atoms with van der Waals surface area (Å²) in [5.74, 6) is 0. The van der Waals surface area contributed by atoms with E-state index in [1.807, 2.05) is 54.6 Å². The average molecular weight is 351 g/mol. The third kappa shape index (κ3) is 3.89. The third-order valence-corrected chi connectivity index (χ3v) is 5.04. The second-order valence-electron chi connectivity index (χ2n) is 6.05. The zero-order valence-corrected chi connectivity index (χ0v) is 14.8. The summed E-state index contributed by atoms with van der Waals surface area (Å²) in [6, 6.07) is 30.4. The molecule has 0 amide bonds. The van der Waals surface area contributed by atoms with Crippen molar-refractivity contribution in [1.82, 2.24) is 5.09 Å². The lowest BCUT2D eigenvalue weighted by atomic mass is 9.69. The molecule has 0 aliphatic rings. The van der Waals surface area contributed by atoms with Crippen LogP contribution in [0.2, 0.25) is 0 Å². The molecule has 3 aromatic carbocycles. The Morgan fingerprint density at radius 2 is 1.00 bits per heavy atom. The lowest BCUT2D eigenvalue weighted by molar-refractivity contribution is 0.545. The van der Waals surface area contributed by atoms with E-state index in [-0.39, 0.29) is 0 Å². The predicted octanol–water partition coefficient (Wildman–Crippen LogP) is 3.64. The molecular formula is C20H22N3OP. The normalized spacial score (nSPS) is 12.1. The van der Waals surface area contributed by atoms with E-state index in [1.165, 1.54) is 0 Å². The van der Waals surface area contributed by atoms with E-state index in [4.69, 9.17) is 11.0 Å². The van der Waals surface area contributed by atoms with Gasteiger partial charge in [0, 0.05) is 6.54 Å². The Morgan fingerprint density at radius 3 is 1.28 bits per heavy atom. The Bertz CT molecular complexity index is 751. The lowest BCUT2D eigenvalue weighted by Gasteiger charge is -2.36. The molecule has 0 heterocycles. The average Bonchev–Trinajstić information content (AvgIpc) is 2.64. The molecule has 5 heteroatoms. The van der Waals surface area contributed by atoms with E-state index in [0.29, 0.717) is 6.54 Å². The van der Waals surface area contributed by atoms with Crippen LogP contribution in [0.5, 0.6) is 0 Å². The van der Waals surface area contributed by atoms with Crippen LogP contribution in [0.15, 0.2) is 91.0 Å². The highest BCUT2D eigenvalue weighted by molar-refractivity contribution is 7.56. The zero-order valence-electron chi connectivity index (χ0n) is 13.9. The number of nitrogens with one attached hydrogen (secondary N) is 1. The van der Waals surface area contributed by atoms with Crippen molar-refractivity contribution < 1.29 is 4.57 Å². The highest BCUT2D eigenvalue weighted by Crippen LogP contribution is 2.40. The molecule has 0 spiro atoms. The van der Waals surface area contributed by atoms with Gasteiger partial charge in [0.25, 0.3) is 7.59 Å². The predicted molar refractivity (Wildman–Crippen MR) is 103 cm³/mol. The molecule has 0 aliphatic heterocycles. The van der Waals surface area contributed by atoms with E-state index in [2.05, 4.69) is 41.5 Å². The van der Waals surface area contributed by atoms with Crippen LogP contribution < -0.4 is 16.1 Å². The van der Waals surface area contributed by atoms with Gasteiger partial charge in [-0.2, -0.15) is 0 Å². The summed E-state index contributed by atoms with van der Waals surface area (Å²) in [4.78, 5) is 0. The fourth-order valence-electron chi connectivity index (χ4n) is 3.22. The molecule has 128 valence electrons. The number of benzene rings is 3. The van der Waals surface area contributed by atoms with Crippen molar-refractivity contribution in [2.75, 3.05) is 6.54 Å². The summed E-state index contributed by atoms with van der Waals surface area (Å²) in [5.41, 5.74) is 13.9. The van der Waals surface area contributed by atoms with Crippen molar-refractivity contribution in [3.8, 4) is 0 Å². The maximum atomic E-state index is 12.0. The SMILES string of the molecule is NP(N)(=O)NCC(c1ccccc1)(c1ccccc1)c1ccccc1. The van der Waals surface area contributed by atoms with E-state index in [1.54, 1.807) is 0 Å². The van der Waals surface area contributed by atoms with Gasteiger partial charge in [-0.1, -0.05) is 91.0 Å². The number of hydrogen-bond donors (Lipinski definition) is 3. The maximum absolute atomic E-state index is 12.0. The molecule has 0 aliphatic carbocycles. The third-order valence-electron chi connectivity index (χ3n) is 4.39. The van der Waals surface area contributed by atoms with E-state index in [0.717, 1.165) is 16.7 Å². The fraction of sp³-hybridized carbons (Fsp3) is 0.100. The summed E-state index contributed by atoms with van der Waals surface area (Å²) < 4.78 is 12.0. The van der Waals surface area contributed by atoms with Gasteiger partial charge in [-0.15, -0.1) is 0 Å². The topological polar surface area (TPSA) is 81.1 Å². The zero-order chi connectivity index (χ0) is 17.8. The van der Waals surface area contributed by atoms with Gasteiger partial charge in [0.05, 0.1) is 5.41 Å². The maximum Gasteiger partial charge on any atom is 0.273 e. The molecule has 3 aromatic rings. The van der Waals surface area contributed by atoms with Crippen molar-refractivity contribution in [2.24, 2.45) is 11.0 Å². The summed E-state index contributed by atoms with van der Waals surface area (Å²) in [6.07, 6.45) is 0. The first kappa shape index (κ1) is 17.6. The first-order chi connectivity index (χ1) is 12.0. The Kier molecular flexibility index (Phi) is 5.16. The van der Waals surface area contributed by atoms with Gasteiger partial charge in [-0.25, -0.2) is 5.09 Å². The fourth-order valence-corrected chi connectivity index (χ4v) is 3.70. The highest BCUT2D eigenvalue weighted by Gasteiger charge is 2.37. The molecule has 0 atom stereocenters. The lowest BCUT2D eigenvalue weighted by Crippen LogP contribution is -2.41. The smallest absolute Gasteiger partial charge is 0.271 e. The Morgan fingerprint density at radius 1 is 0.680 bits per heavy atom. The Balaban J connectivity index is 2.25. The van der Waals surface area contributed by atoms with Crippen LogP contribution in [0, 0.1) is 0 Å². The van der Waals surface area contributed by atoms with E-state index in [9.17, 15) is 4.57 Å². The van der Waals surface area contributed by atoms with E-state index >= 15 is 0 Å². The van der Waals surface area contributed by atoms with Crippen LogP contribution in [-0.2, 0) is 9.98 Å². The van der Waals surface area contributed by atoms with Crippen molar-refractivity contribution in [1.29, 1.82) is 0 Å². The molecule has 0 saturated heterocycles. The quantitative estimate of drug-likeness (QED) is 0.468. The minimum absolute atomic E-state index is 0.329. The van der Waals surface area contributed by atoms with Crippen LogP contribution in [0.1, 0.15) is 16.7 Å². The summed E-state index contributed by atoms with van der Waals surface area (Å²) in [7, 11) is -3.37. The number of nitrogens with two attached hydrogens (primary N) is 2. The summed E-state index contributed by atoms with van der Waals surface area (Å²) >= 11 is 0. The van der Waals surface area contributed by atoms with Gasteiger partial charge in [-0.3, -0.25) is 15.6 Å². The van der Waals surface area contributed by atoms with Gasteiger partial charge in [-0.05, 0) is 16.7 Å². The van der Waals surface area contributed by atoms with Crippen LogP contribution in [0.4, 0.5) is 0 Å². The van der Waals surface area contributed by atoms with Crippen LogP contribution in [0.3, 0.4) is 0 Å². The minimum atomic E-state index is -3.37. The number of hydrogen-bond acceptors (Lipinski definition) is 1. The molecule has 0 unspecified atom stereocenters. The second kappa shape index (κ2) is 7.34. The summed E-state index contributed by atoms with van der Waals surface area (Å²) in [6.45, 7) is 0.329. The molecule has 3 rings (SSSR count). The van der Waals surface area contributed by atoms with Gasteiger partial charge in [0.2, 0.25) is 0 Å². The van der Waals surface area contributed by atoms with Crippen molar-refractivity contribution in [3.63, 3.8) is 0 Å². The molecule has 4 nitrogen and oxygen atoms in total. The Labute approximate surface area is 148 Å². The molecule has 25 heavy (non-hydrogen) atoms. The second-order valence-corrected chi connectivity index (χ2v) is 7.78. The molecule has 0 aromatic heterocycles. The van der Waals surface area contributed by atoms with Crippen LogP contribution >= 0.6 is 7.59 Å². The van der Waals surface area contributed by atoms with Gasteiger partial charge >= 0.3 is 0 Å². The standard InChI is InChI=1S/C20H22N3OP/c21-25(22,24)23-16-20(17-10-4-1-5-11-17,18-12-6-2-7-13-18)19-14-8-3-9-15-19/h1-15H,16H2,(H5,21,22,23,24). The minimum Gasteiger partial charge on any atom is -0.271 e. The van der Waals surface area contributed by atoms with E-state index < -0.39 is 13.0 Å². The number of rotatable bonds is 6. The molecule has 0 bridgehead atoms. The monoisotopic (exact) mass is 351 g/mol. The Hall–Kier alpha value is -2.23. The largest absolute Gasteiger partial charge is 0.273 e. The molecule has 0 fully saturated rings. The molecule has 0 saturated carbocycles. The highest BCUT2D eigenvalue weighted by atomic mass is 31.2. The summed E-state index contributed by atoms with van der Waals surface area (Å²) in [5, 5.41) is 2.87. The molecule has 0 radical (unpaired) electrons. The van der Waals surface area contributed by atoms with Crippen LogP contribution in [-0.4, -0.2) is 6.54 Å². The van der Waals surface area contributed by atoms with Crippen molar-refractivity contribution >= 4 is 7.59 Å². The van der Waals surface area contributed by atoms with Gasteiger partial charge in [0.15, 0.2) is 0 Å². The first-order valence-corrected chi connectivity index (χ1v) is 9.96. The van der Waals surface area contributed by atoms with Gasteiger partial charge < -0.3 is 0 Å². The van der Waals surface area contributed by atoms with Gasteiger partial charge in [0.1, 0.15) is 0 Å². The van der Waals surface area contributed by atoms with Crippen LogP contribution in [0.25, 0.3) is 0 Å². The molecular weight excluding hydrogens is 329 g/mol. The first-order valence-electron chi connectivity index (χ1n) is 8.11. The van der Waals surface area contributed by atoms with Crippen molar-refractivity contribution in [3.05, 3.63) is 108 Å². The van der Waals surface area contributed by atoms with Crippen molar-refractivity contribution in [2.45, 2.75) is 5.41 Å². The molecule has 5 N–H and O–H groups in total.